The quantitative estimate of drug-likeness (QED) is 0.645. The van der Waals surface area contributed by atoms with Crippen LogP contribution in [0.25, 0.3) is 0 Å². The Bertz CT molecular complexity index is 392. The molecule has 0 aliphatic carbocycles. The Kier molecular flexibility index (Phi) is 4.25. The van der Waals surface area contributed by atoms with E-state index >= 15 is 0 Å². The second kappa shape index (κ2) is 5.46. The standard InChI is InChI=1S/C10H11ClN2O3/c1-6(16-10(12)15)4-8(14)7-2-3-9(11)13-5-7/h2-3,5-6H,4H2,1H3,(H2,12,15). The van der Waals surface area contributed by atoms with Gasteiger partial charge in [0.1, 0.15) is 11.3 Å². The number of hydrogen-bond acceptors (Lipinski definition) is 4. The number of hydrogen-bond donors (Lipinski definition) is 1. The molecule has 0 fully saturated rings. The highest BCUT2D eigenvalue weighted by atomic mass is 35.5. The van der Waals surface area contributed by atoms with Crippen LogP contribution < -0.4 is 5.73 Å². The minimum atomic E-state index is -0.894. The van der Waals surface area contributed by atoms with Gasteiger partial charge in [-0.05, 0) is 19.1 Å². The molecule has 1 heterocycles. The number of nitrogens with two attached hydrogens (primary N) is 1. The van der Waals surface area contributed by atoms with E-state index in [0.717, 1.165) is 0 Å². The summed E-state index contributed by atoms with van der Waals surface area (Å²) in [5.74, 6) is -0.182. The van der Waals surface area contributed by atoms with Gasteiger partial charge in [-0.1, -0.05) is 11.6 Å². The highest BCUT2D eigenvalue weighted by molar-refractivity contribution is 6.29. The van der Waals surface area contributed by atoms with E-state index in [1.54, 1.807) is 13.0 Å². The van der Waals surface area contributed by atoms with Gasteiger partial charge in [0.2, 0.25) is 0 Å². The monoisotopic (exact) mass is 242 g/mol. The van der Waals surface area contributed by atoms with E-state index in [1.807, 2.05) is 0 Å². The molecule has 0 aliphatic heterocycles. The van der Waals surface area contributed by atoms with E-state index in [0.29, 0.717) is 10.7 Å². The molecule has 2 N–H and O–H groups in total. The molecule has 1 aromatic heterocycles. The lowest BCUT2D eigenvalue weighted by molar-refractivity contribution is 0.0833. The molecule has 5 nitrogen and oxygen atoms in total. The lowest BCUT2D eigenvalue weighted by Crippen LogP contribution is -2.22. The van der Waals surface area contributed by atoms with Crippen LogP contribution in [0.4, 0.5) is 4.79 Å². The lowest BCUT2D eigenvalue weighted by Gasteiger charge is -2.09. The first-order valence-corrected chi connectivity index (χ1v) is 4.97. The van der Waals surface area contributed by atoms with Gasteiger partial charge in [0.05, 0.1) is 0 Å². The minimum absolute atomic E-state index is 0.0618. The number of ether oxygens (including phenoxy) is 1. The molecule has 1 unspecified atom stereocenters. The zero-order chi connectivity index (χ0) is 12.1. The molecule has 1 rings (SSSR count). The van der Waals surface area contributed by atoms with Gasteiger partial charge in [0.25, 0.3) is 0 Å². The first-order valence-electron chi connectivity index (χ1n) is 4.60. The van der Waals surface area contributed by atoms with E-state index in [2.05, 4.69) is 9.72 Å². The van der Waals surface area contributed by atoms with Crippen LogP contribution in [0, 0.1) is 0 Å². The predicted octanol–water partition coefficient (Wildman–Crippen LogP) is 1.79. The van der Waals surface area contributed by atoms with Crippen molar-refractivity contribution >= 4 is 23.5 Å². The zero-order valence-electron chi connectivity index (χ0n) is 8.64. The molecule has 1 aromatic rings. The molecule has 0 saturated carbocycles. The fourth-order valence-corrected chi connectivity index (χ4v) is 1.27. The molecule has 0 spiro atoms. The van der Waals surface area contributed by atoms with E-state index in [-0.39, 0.29) is 12.2 Å². The maximum absolute atomic E-state index is 11.6. The van der Waals surface area contributed by atoms with Crippen molar-refractivity contribution in [2.75, 3.05) is 0 Å². The van der Waals surface area contributed by atoms with Crippen molar-refractivity contribution in [3.05, 3.63) is 29.0 Å². The van der Waals surface area contributed by atoms with Crippen molar-refractivity contribution in [2.24, 2.45) is 5.73 Å². The zero-order valence-corrected chi connectivity index (χ0v) is 9.40. The van der Waals surface area contributed by atoms with Crippen LogP contribution >= 0.6 is 11.6 Å². The molecular formula is C10H11ClN2O3. The fourth-order valence-electron chi connectivity index (χ4n) is 1.16. The van der Waals surface area contributed by atoms with Crippen LogP contribution in [0.3, 0.4) is 0 Å². The topological polar surface area (TPSA) is 82.3 Å². The molecular weight excluding hydrogens is 232 g/mol. The summed E-state index contributed by atoms with van der Waals surface area (Å²) < 4.78 is 4.64. The Morgan fingerprint density at radius 1 is 1.56 bits per heavy atom. The van der Waals surface area contributed by atoms with Gasteiger partial charge in [-0.2, -0.15) is 0 Å². The molecule has 0 saturated heterocycles. The Balaban J connectivity index is 2.58. The van der Waals surface area contributed by atoms with Crippen molar-refractivity contribution in [2.45, 2.75) is 19.4 Å². The Labute approximate surface area is 97.6 Å². The number of Topliss-reactive ketones (excluding diaryl/α,β-unsaturated/α-hetero) is 1. The van der Waals surface area contributed by atoms with Gasteiger partial charge < -0.3 is 10.5 Å². The summed E-state index contributed by atoms with van der Waals surface area (Å²) in [6, 6.07) is 3.09. The third kappa shape index (κ3) is 3.86. The summed E-state index contributed by atoms with van der Waals surface area (Å²) in [6.07, 6.45) is -0.0105. The van der Waals surface area contributed by atoms with E-state index in [9.17, 15) is 9.59 Å². The van der Waals surface area contributed by atoms with Crippen LogP contribution in [-0.4, -0.2) is 23.0 Å². The molecule has 0 radical (unpaired) electrons. The predicted molar refractivity (Wildman–Crippen MR) is 58.3 cm³/mol. The summed E-state index contributed by atoms with van der Waals surface area (Å²) >= 11 is 5.58. The number of amides is 1. The number of pyridine rings is 1. The summed E-state index contributed by atoms with van der Waals surface area (Å²) in [6.45, 7) is 1.59. The van der Waals surface area contributed by atoms with Crippen molar-refractivity contribution in [1.82, 2.24) is 4.98 Å². The van der Waals surface area contributed by atoms with Crippen molar-refractivity contribution in [1.29, 1.82) is 0 Å². The largest absolute Gasteiger partial charge is 0.446 e. The number of aromatic nitrogens is 1. The van der Waals surface area contributed by atoms with Gasteiger partial charge in [0, 0.05) is 18.2 Å². The normalized spacial score (nSPS) is 11.9. The number of carbonyl (C=O) groups excluding carboxylic acids is 2. The number of carbonyl (C=O) groups is 2. The van der Waals surface area contributed by atoms with Gasteiger partial charge >= 0.3 is 6.09 Å². The average Bonchev–Trinajstić information content (AvgIpc) is 2.16. The Hall–Kier alpha value is -1.62. The van der Waals surface area contributed by atoms with Crippen molar-refractivity contribution in [3.8, 4) is 0 Å². The highest BCUT2D eigenvalue weighted by Gasteiger charge is 2.13. The van der Waals surface area contributed by atoms with E-state index < -0.39 is 12.2 Å². The number of primary amides is 1. The summed E-state index contributed by atoms with van der Waals surface area (Å²) in [5, 5.41) is 0.318. The summed E-state index contributed by atoms with van der Waals surface area (Å²) in [5.41, 5.74) is 5.25. The maximum Gasteiger partial charge on any atom is 0.404 e. The van der Waals surface area contributed by atoms with Crippen LogP contribution in [0.2, 0.25) is 5.15 Å². The number of rotatable bonds is 4. The fraction of sp³-hybridized carbons (Fsp3) is 0.300. The summed E-state index contributed by atoms with van der Waals surface area (Å²) in [4.78, 5) is 25.8. The van der Waals surface area contributed by atoms with Crippen LogP contribution in [0.15, 0.2) is 18.3 Å². The maximum atomic E-state index is 11.6. The lowest BCUT2D eigenvalue weighted by atomic mass is 10.1. The molecule has 1 atom stereocenters. The summed E-state index contributed by atoms with van der Waals surface area (Å²) in [7, 11) is 0. The first-order chi connectivity index (χ1) is 7.49. The van der Waals surface area contributed by atoms with Crippen LogP contribution in [-0.2, 0) is 4.74 Å². The second-order valence-corrected chi connectivity index (χ2v) is 3.63. The second-order valence-electron chi connectivity index (χ2n) is 3.24. The van der Waals surface area contributed by atoms with Gasteiger partial charge in [-0.25, -0.2) is 9.78 Å². The molecule has 16 heavy (non-hydrogen) atoms. The van der Waals surface area contributed by atoms with Crippen molar-refractivity contribution < 1.29 is 14.3 Å². The molecule has 1 amide bonds. The smallest absolute Gasteiger partial charge is 0.404 e. The van der Waals surface area contributed by atoms with E-state index in [4.69, 9.17) is 17.3 Å². The third-order valence-corrected chi connectivity index (χ3v) is 2.06. The van der Waals surface area contributed by atoms with Gasteiger partial charge in [-0.3, -0.25) is 4.79 Å². The average molecular weight is 243 g/mol. The molecule has 86 valence electrons. The Morgan fingerprint density at radius 3 is 2.75 bits per heavy atom. The van der Waals surface area contributed by atoms with Gasteiger partial charge in [-0.15, -0.1) is 0 Å². The number of ketones is 1. The van der Waals surface area contributed by atoms with E-state index in [1.165, 1.54) is 12.3 Å². The minimum Gasteiger partial charge on any atom is -0.446 e. The SMILES string of the molecule is CC(CC(=O)c1ccc(Cl)nc1)OC(N)=O. The molecule has 6 heteroatoms. The highest BCUT2D eigenvalue weighted by Crippen LogP contribution is 2.09. The van der Waals surface area contributed by atoms with Gasteiger partial charge in [0.15, 0.2) is 5.78 Å². The first kappa shape index (κ1) is 12.4. The molecule has 0 aliphatic rings. The molecule has 0 aromatic carbocycles. The van der Waals surface area contributed by atoms with Crippen LogP contribution in [0.1, 0.15) is 23.7 Å². The van der Waals surface area contributed by atoms with Crippen molar-refractivity contribution in [3.63, 3.8) is 0 Å². The number of halogens is 1. The molecule has 0 bridgehead atoms. The van der Waals surface area contributed by atoms with Crippen LogP contribution in [0.5, 0.6) is 0 Å². The third-order valence-electron chi connectivity index (χ3n) is 1.84. The Morgan fingerprint density at radius 2 is 2.25 bits per heavy atom. The number of nitrogens with zero attached hydrogens (tertiary/aromatic N) is 1.